The van der Waals surface area contributed by atoms with Crippen molar-refractivity contribution in [2.75, 3.05) is 0 Å². The van der Waals surface area contributed by atoms with Gasteiger partial charge in [0.05, 0.1) is 6.54 Å². The van der Waals surface area contributed by atoms with E-state index in [-0.39, 0.29) is 23.2 Å². The molecule has 0 aliphatic heterocycles. The highest BCUT2D eigenvalue weighted by Gasteiger charge is 2.23. The molecule has 0 radical (unpaired) electrons. The molecule has 0 aliphatic carbocycles. The molecule has 0 amide bonds. The fraction of sp³-hybridized carbons (Fsp3) is 0.185. The van der Waals surface area contributed by atoms with E-state index in [1.807, 2.05) is 60.7 Å². The van der Waals surface area contributed by atoms with Crippen LogP contribution in [0, 0.1) is 0 Å². The normalized spacial score (nSPS) is 11.6. The van der Waals surface area contributed by atoms with Gasteiger partial charge in [0.25, 0.3) is 5.56 Å². The molecule has 0 bridgehead atoms. The lowest BCUT2D eigenvalue weighted by Gasteiger charge is -2.20. The largest absolute Gasteiger partial charge is 0.477 e. The van der Waals surface area contributed by atoms with Gasteiger partial charge < -0.3 is 5.11 Å². The molecule has 4 aromatic rings. The molecule has 0 atom stereocenters. The Morgan fingerprint density at radius 1 is 0.938 bits per heavy atom. The molecule has 1 N–H and O–H groups in total. The molecular formula is C27H24BrNO3. The third-order valence-corrected chi connectivity index (χ3v) is 6.15. The Morgan fingerprint density at radius 2 is 1.59 bits per heavy atom. The summed E-state index contributed by atoms with van der Waals surface area (Å²) < 4.78 is 2.17. The lowest BCUT2D eigenvalue weighted by molar-refractivity contribution is 0.0685. The minimum atomic E-state index is -1.13. The Kier molecular flexibility index (Phi) is 5.78. The number of fused-ring (bicyclic) bond motifs is 1. The third-order valence-electron chi connectivity index (χ3n) is 5.66. The van der Waals surface area contributed by atoms with Gasteiger partial charge in [-0.1, -0.05) is 91.3 Å². The number of carboxylic acid groups (broad SMARTS) is 1. The van der Waals surface area contributed by atoms with Crippen molar-refractivity contribution in [2.24, 2.45) is 0 Å². The maximum atomic E-state index is 13.5. The molecule has 162 valence electrons. The van der Waals surface area contributed by atoms with Crippen molar-refractivity contribution in [3.63, 3.8) is 0 Å². The van der Waals surface area contributed by atoms with E-state index in [4.69, 9.17) is 0 Å². The summed E-state index contributed by atoms with van der Waals surface area (Å²) in [5.41, 5.74) is 3.04. The second-order valence-electron chi connectivity index (χ2n) is 8.92. The van der Waals surface area contributed by atoms with Crippen LogP contribution in [0.25, 0.3) is 21.9 Å². The molecular weight excluding hydrogens is 466 g/mol. The molecule has 4 nitrogen and oxygen atoms in total. The Hall–Kier alpha value is -3.18. The van der Waals surface area contributed by atoms with E-state index >= 15 is 0 Å². The van der Waals surface area contributed by atoms with E-state index in [1.54, 1.807) is 12.1 Å². The van der Waals surface area contributed by atoms with E-state index in [1.165, 1.54) is 10.1 Å². The standard InChI is InChI=1S/C27H24BrNO3/c1-27(2,3)19-11-9-17(10-12-19)16-29-24(26(31)32)23(18-7-5-4-6-8-18)22-15-20(28)13-14-21(22)25(29)30/h4-15H,16H2,1-3H3,(H,31,32). The van der Waals surface area contributed by atoms with Gasteiger partial charge in [-0.05, 0) is 45.7 Å². The smallest absolute Gasteiger partial charge is 0.353 e. The van der Waals surface area contributed by atoms with Crippen LogP contribution in [0.15, 0.2) is 82.1 Å². The summed E-state index contributed by atoms with van der Waals surface area (Å²) in [6.07, 6.45) is 0. The summed E-state index contributed by atoms with van der Waals surface area (Å²) in [4.78, 5) is 26.0. The molecule has 1 heterocycles. The Bertz CT molecular complexity index is 1360. The van der Waals surface area contributed by atoms with Gasteiger partial charge in [0, 0.05) is 15.4 Å². The Balaban J connectivity index is 2.00. The third kappa shape index (κ3) is 4.13. The van der Waals surface area contributed by atoms with E-state index < -0.39 is 5.97 Å². The quantitative estimate of drug-likeness (QED) is 0.357. The molecule has 0 spiro atoms. The van der Waals surface area contributed by atoms with Crippen molar-refractivity contribution in [3.8, 4) is 11.1 Å². The topological polar surface area (TPSA) is 59.3 Å². The SMILES string of the molecule is CC(C)(C)c1ccc(Cn2c(C(=O)O)c(-c3ccccc3)c3cc(Br)ccc3c2=O)cc1. The van der Waals surface area contributed by atoms with Gasteiger partial charge in [0.1, 0.15) is 5.69 Å². The average molecular weight is 490 g/mol. The number of carboxylic acids is 1. The first kappa shape index (κ1) is 22.0. The average Bonchev–Trinajstić information content (AvgIpc) is 2.75. The predicted molar refractivity (Wildman–Crippen MR) is 133 cm³/mol. The molecule has 3 aromatic carbocycles. The fourth-order valence-corrected chi connectivity index (χ4v) is 4.34. The zero-order valence-corrected chi connectivity index (χ0v) is 19.8. The second-order valence-corrected chi connectivity index (χ2v) is 9.84. The number of hydrogen-bond acceptors (Lipinski definition) is 2. The number of rotatable bonds is 4. The zero-order valence-electron chi connectivity index (χ0n) is 18.2. The van der Waals surface area contributed by atoms with Crippen molar-refractivity contribution in [1.29, 1.82) is 0 Å². The van der Waals surface area contributed by atoms with Crippen LogP contribution in [-0.2, 0) is 12.0 Å². The highest BCUT2D eigenvalue weighted by atomic mass is 79.9. The summed E-state index contributed by atoms with van der Waals surface area (Å²) in [6.45, 7) is 6.60. The van der Waals surface area contributed by atoms with Crippen molar-refractivity contribution >= 4 is 32.7 Å². The van der Waals surface area contributed by atoms with Gasteiger partial charge >= 0.3 is 5.97 Å². The molecule has 4 rings (SSSR count). The molecule has 1 aromatic heterocycles. The van der Waals surface area contributed by atoms with Crippen LogP contribution in [-0.4, -0.2) is 15.6 Å². The van der Waals surface area contributed by atoms with Crippen molar-refractivity contribution < 1.29 is 9.90 Å². The first-order valence-electron chi connectivity index (χ1n) is 10.4. The monoisotopic (exact) mass is 489 g/mol. The van der Waals surface area contributed by atoms with Crippen molar-refractivity contribution in [1.82, 2.24) is 4.57 Å². The number of hydrogen-bond donors (Lipinski definition) is 1. The first-order valence-corrected chi connectivity index (χ1v) is 11.2. The number of aromatic carboxylic acids is 1. The van der Waals surface area contributed by atoms with Gasteiger partial charge in [0.2, 0.25) is 0 Å². The summed E-state index contributed by atoms with van der Waals surface area (Å²) in [5.74, 6) is -1.13. The number of aromatic nitrogens is 1. The van der Waals surface area contributed by atoms with E-state index in [0.29, 0.717) is 16.3 Å². The summed E-state index contributed by atoms with van der Waals surface area (Å²) >= 11 is 3.46. The highest BCUT2D eigenvalue weighted by molar-refractivity contribution is 9.10. The van der Waals surface area contributed by atoms with Crippen LogP contribution in [0.2, 0.25) is 0 Å². The molecule has 0 aliphatic rings. The Morgan fingerprint density at radius 3 is 2.19 bits per heavy atom. The number of carbonyl (C=O) groups is 1. The minimum absolute atomic E-state index is 0.00769. The van der Waals surface area contributed by atoms with Gasteiger partial charge in [-0.3, -0.25) is 9.36 Å². The molecule has 0 fully saturated rings. The van der Waals surface area contributed by atoms with Crippen molar-refractivity contribution in [3.05, 3.63) is 104 Å². The summed E-state index contributed by atoms with van der Waals surface area (Å²) in [6, 6.07) is 22.7. The number of nitrogens with zero attached hydrogens (tertiary/aromatic N) is 1. The van der Waals surface area contributed by atoms with Crippen LogP contribution in [0.4, 0.5) is 0 Å². The van der Waals surface area contributed by atoms with Crippen molar-refractivity contribution in [2.45, 2.75) is 32.7 Å². The van der Waals surface area contributed by atoms with Crippen LogP contribution in [0.3, 0.4) is 0 Å². The molecule has 0 unspecified atom stereocenters. The van der Waals surface area contributed by atoms with E-state index in [0.717, 1.165) is 15.6 Å². The summed E-state index contributed by atoms with van der Waals surface area (Å²) in [5, 5.41) is 11.3. The summed E-state index contributed by atoms with van der Waals surface area (Å²) in [7, 11) is 0. The lowest BCUT2D eigenvalue weighted by Crippen LogP contribution is -2.28. The number of benzene rings is 3. The molecule has 32 heavy (non-hydrogen) atoms. The van der Waals surface area contributed by atoms with Gasteiger partial charge in [-0.25, -0.2) is 4.79 Å². The van der Waals surface area contributed by atoms with Gasteiger partial charge in [-0.2, -0.15) is 0 Å². The van der Waals surface area contributed by atoms with Crippen LogP contribution >= 0.6 is 15.9 Å². The maximum absolute atomic E-state index is 13.5. The van der Waals surface area contributed by atoms with Gasteiger partial charge in [-0.15, -0.1) is 0 Å². The molecule has 5 heteroatoms. The number of pyridine rings is 1. The highest BCUT2D eigenvalue weighted by Crippen LogP contribution is 2.33. The first-order chi connectivity index (χ1) is 15.2. The lowest BCUT2D eigenvalue weighted by atomic mass is 9.87. The van der Waals surface area contributed by atoms with Gasteiger partial charge in [0.15, 0.2) is 0 Å². The van der Waals surface area contributed by atoms with E-state index in [2.05, 4.69) is 36.7 Å². The van der Waals surface area contributed by atoms with Crippen LogP contribution in [0.5, 0.6) is 0 Å². The molecule has 0 saturated heterocycles. The Labute approximate surface area is 195 Å². The molecule has 0 saturated carbocycles. The van der Waals surface area contributed by atoms with E-state index in [9.17, 15) is 14.7 Å². The number of halogens is 1. The zero-order chi connectivity index (χ0) is 23.0. The maximum Gasteiger partial charge on any atom is 0.353 e. The fourth-order valence-electron chi connectivity index (χ4n) is 3.98. The minimum Gasteiger partial charge on any atom is -0.477 e. The van der Waals surface area contributed by atoms with Crippen LogP contribution in [0.1, 0.15) is 42.4 Å². The predicted octanol–water partition coefficient (Wildman–Crippen LogP) is 6.48. The van der Waals surface area contributed by atoms with Crippen LogP contribution < -0.4 is 5.56 Å². The second kappa shape index (κ2) is 8.40.